The fourth-order valence-electron chi connectivity index (χ4n) is 3.54. The molecule has 0 bridgehead atoms. The summed E-state index contributed by atoms with van der Waals surface area (Å²) in [6.45, 7) is 5.83. The Hall–Kier alpha value is -2.75. The maximum absolute atomic E-state index is 12.7. The van der Waals surface area contributed by atoms with Crippen molar-refractivity contribution in [3.05, 3.63) is 65.2 Å². The topological polar surface area (TPSA) is 105 Å². The number of hydrogen-bond donors (Lipinski definition) is 2. The van der Waals surface area contributed by atoms with Crippen LogP contribution in [0, 0.1) is 0 Å². The summed E-state index contributed by atoms with van der Waals surface area (Å²) in [4.78, 5) is 24.9. The summed E-state index contributed by atoms with van der Waals surface area (Å²) in [6.07, 6.45) is 1.64. The molecule has 1 unspecified atom stereocenters. The Morgan fingerprint density at radius 1 is 1.06 bits per heavy atom. The predicted molar refractivity (Wildman–Crippen MR) is 130 cm³/mol. The van der Waals surface area contributed by atoms with Gasteiger partial charge in [-0.2, -0.15) is 4.31 Å². The lowest BCUT2D eigenvalue weighted by atomic mass is 10.1. The van der Waals surface area contributed by atoms with Crippen LogP contribution >= 0.6 is 0 Å². The summed E-state index contributed by atoms with van der Waals surface area (Å²) in [5.74, 6) is -0.235. The first-order valence-corrected chi connectivity index (χ1v) is 13.1. The highest BCUT2D eigenvalue weighted by atomic mass is 32.2. The van der Waals surface area contributed by atoms with Gasteiger partial charge in [0, 0.05) is 37.7 Å². The molecule has 1 atom stereocenters. The normalized spacial score (nSPS) is 15.5. The van der Waals surface area contributed by atoms with Gasteiger partial charge in [-0.1, -0.05) is 31.2 Å². The van der Waals surface area contributed by atoms with Crippen molar-refractivity contribution in [2.75, 3.05) is 26.3 Å². The molecule has 0 aromatic heterocycles. The highest BCUT2D eigenvalue weighted by Crippen LogP contribution is 2.18. The molecule has 0 saturated carbocycles. The van der Waals surface area contributed by atoms with Crippen molar-refractivity contribution in [3.8, 4) is 0 Å². The molecule has 1 fully saturated rings. The van der Waals surface area contributed by atoms with Gasteiger partial charge in [-0.25, -0.2) is 8.42 Å². The van der Waals surface area contributed by atoms with Crippen molar-refractivity contribution in [3.63, 3.8) is 0 Å². The number of carbonyl (C=O) groups is 2. The van der Waals surface area contributed by atoms with Crippen LogP contribution in [0.2, 0.25) is 0 Å². The van der Waals surface area contributed by atoms with E-state index in [4.69, 9.17) is 4.74 Å². The number of ether oxygens (including phenoxy) is 1. The van der Waals surface area contributed by atoms with Gasteiger partial charge in [-0.3, -0.25) is 9.59 Å². The summed E-state index contributed by atoms with van der Waals surface area (Å²) in [6, 6.07) is 14.0. The van der Waals surface area contributed by atoms with Crippen LogP contribution in [0.15, 0.2) is 53.4 Å². The quantitative estimate of drug-likeness (QED) is 0.536. The summed E-state index contributed by atoms with van der Waals surface area (Å²) >= 11 is 0. The van der Waals surface area contributed by atoms with Crippen LogP contribution in [0.25, 0.3) is 0 Å². The number of rotatable bonds is 10. The molecule has 1 aliphatic rings. The molecule has 184 valence electrons. The van der Waals surface area contributed by atoms with Gasteiger partial charge in [0.05, 0.1) is 18.1 Å². The second kappa shape index (κ2) is 12.1. The van der Waals surface area contributed by atoms with Gasteiger partial charge in [0.2, 0.25) is 15.9 Å². The standard InChI is InChI=1S/C25H33N3O5S/c1-3-19(2)27-25(30)22-6-4-5-21(17-22)18-26-24(29)12-9-20-7-10-23(11-8-20)34(31,32)28-13-15-33-16-14-28/h4-8,10-11,17,19H,3,9,12-16,18H2,1-2H3,(H,26,29)(H,27,30). The van der Waals surface area contributed by atoms with Crippen LogP contribution in [0.3, 0.4) is 0 Å². The molecule has 0 radical (unpaired) electrons. The minimum atomic E-state index is -3.52. The average Bonchev–Trinajstić information content (AvgIpc) is 2.87. The molecule has 1 heterocycles. The van der Waals surface area contributed by atoms with E-state index in [2.05, 4.69) is 10.6 Å². The van der Waals surface area contributed by atoms with Gasteiger partial charge in [-0.15, -0.1) is 0 Å². The Bertz CT molecular complexity index is 1080. The van der Waals surface area contributed by atoms with E-state index < -0.39 is 10.0 Å². The third-order valence-electron chi connectivity index (χ3n) is 5.84. The molecule has 0 spiro atoms. The van der Waals surface area contributed by atoms with E-state index in [9.17, 15) is 18.0 Å². The van der Waals surface area contributed by atoms with Gasteiger partial charge in [-0.05, 0) is 55.2 Å². The molecular formula is C25H33N3O5S. The first-order valence-electron chi connectivity index (χ1n) is 11.6. The smallest absolute Gasteiger partial charge is 0.251 e. The van der Waals surface area contributed by atoms with Crippen LogP contribution in [0.5, 0.6) is 0 Å². The van der Waals surface area contributed by atoms with Gasteiger partial charge in [0.25, 0.3) is 5.91 Å². The molecular weight excluding hydrogens is 454 g/mol. The lowest BCUT2D eigenvalue weighted by Gasteiger charge is -2.26. The number of morpholine rings is 1. The lowest BCUT2D eigenvalue weighted by Crippen LogP contribution is -2.40. The van der Waals surface area contributed by atoms with Crippen molar-refractivity contribution >= 4 is 21.8 Å². The zero-order chi connectivity index (χ0) is 24.6. The van der Waals surface area contributed by atoms with Gasteiger partial charge in [0.1, 0.15) is 0 Å². The molecule has 8 nitrogen and oxygen atoms in total. The van der Waals surface area contributed by atoms with Crippen LogP contribution in [-0.4, -0.2) is 56.9 Å². The maximum atomic E-state index is 12.7. The van der Waals surface area contributed by atoms with Crippen LogP contribution in [-0.2, 0) is 32.5 Å². The van der Waals surface area contributed by atoms with Gasteiger partial charge >= 0.3 is 0 Å². The van der Waals surface area contributed by atoms with E-state index in [-0.39, 0.29) is 29.2 Å². The number of nitrogens with zero attached hydrogens (tertiary/aromatic N) is 1. The van der Waals surface area contributed by atoms with Crippen molar-refractivity contribution in [2.24, 2.45) is 0 Å². The van der Waals surface area contributed by atoms with Crippen molar-refractivity contribution in [1.82, 2.24) is 14.9 Å². The number of nitrogens with one attached hydrogen (secondary N) is 2. The van der Waals surface area contributed by atoms with Crippen molar-refractivity contribution < 1.29 is 22.7 Å². The largest absolute Gasteiger partial charge is 0.379 e. The molecule has 0 aliphatic carbocycles. The zero-order valence-corrected chi connectivity index (χ0v) is 20.6. The zero-order valence-electron chi connectivity index (χ0n) is 19.7. The van der Waals surface area contributed by atoms with E-state index in [1.807, 2.05) is 19.9 Å². The Labute approximate surface area is 201 Å². The summed E-state index contributed by atoms with van der Waals surface area (Å²) in [5.41, 5.74) is 2.31. The highest BCUT2D eigenvalue weighted by molar-refractivity contribution is 7.89. The maximum Gasteiger partial charge on any atom is 0.251 e. The highest BCUT2D eigenvalue weighted by Gasteiger charge is 2.26. The first-order chi connectivity index (χ1) is 16.3. The third kappa shape index (κ3) is 7.12. The molecule has 1 aliphatic heterocycles. The lowest BCUT2D eigenvalue weighted by molar-refractivity contribution is -0.121. The number of amides is 2. The van der Waals surface area contributed by atoms with Gasteiger partial charge in [0.15, 0.2) is 0 Å². The Kier molecular flexibility index (Phi) is 9.20. The van der Waals surface area contributed by atoms with E-state index >= 15 is 0 Å². The van der Waals surface area contributed by atoms with E-state index in [1.165, 1.54) is 4.31 Å². The molecule has 2 aromatic rings. The minimum Gasteiger partial charge on any atom is -0.379 e. The second-order valence-electron chi connectivity index (χ2n) is 8.42. The number of benzene rings is 2. The van der Waals surface area contributed by atoms with E-state index in [0.29, 0.717) is 44.8 Å². The monoisotopic (exact) mass is 487 g/mol. The van der Waals surface area contributed by atoms with Crippen molar-refractivity contribution in [1.29, 1.82) is 0 Å². The number of aryl methyl sites for hydroxylation is 1. The molecule has 2 amide bonds. The summed E-state index contributed by atoms with van der Waals surface area (Å²) < 4.78 is 32.1. The molecule has 9 heteroatoms. The van der Waals surface area contributed by atoms with Crippen molar-refractivity contribution in [2.45, 2.75) is 50.6 Å². The molecule has 2 aromatic carbocycles. The van der Waals surface area contributed by atoms with Crippen LogP contribution in [0.1, 0.15) is 48.2 Å². The van der Waals surface area contributed by atoms with Gasteiger partial charge < -0.3 is 15.4 Å². The Balaban J connectivity index is 1.48. The second-order valence-corrected chi connectivity index (χ2v) is 10.4. The fraction of sp³-hybridized carbons (Fsp3) is 0.440. The number of carbonyl (C=O) groups excluding carboxylic acids is 2. The van der Waals surface area contributed by atoms with E-state index in [1.54, 1.807) is 42.5 Å². The molecule has 3 rings (SSSR count). The fourth-order valence-corrected chi connectivity index (χ4v) is 4.95. The molecule has 34 heavy (non-hydrogen) atoms. The van der Waals surface area contributed by atoms with E-state index in [0.717, 1.165) is 17.5 Å². The summed E-state index contributed by atoms with van der Waals surface area (Å²) in [5, 5.41) is 5.82. The SMILES string of the molecule is CCC(C)NC(=O)c1cccc(CNC(=O)CCc2ccc(S(=O)(=O)N3CCOCC3)cc2)c1. The Morgan fingerprint density at radius 3 is 2.44 bits per heavy atom. The number of hydrogen-bond acceptors (Lipinski definition) is 5. The summed E-state index contributed by atoms with van der Waals surface area (Å²) in [7, 11) is -3.52. The first kappa shape index (κ1) is 25.9. The Morgan fingerprint density at radius 2 is 1.76 bits per heavy atom. The minimum absolute atomic E-state index is 0.101. The third-order valence-corrected chi connectivity index (χ3v) is 7.75. The molecule has 1 saturated heterocycles. The predicted octanol–water partition coefficient (Wildman–Crippen LogP) is 2.48. The average molecular weight is 488 g/mol. The van der Waals surface area contributed by atoms with Crippen LogP contribution < -0.4 is 10.6 Å². The molecule has 2 N–H and O–H groups in total. The van der Waals surface area contributed by atoms with Crippen LogP contribution in [0.4, 0.5) is 0 Å². The number of sulfonamides is 1.